The third kappa shape index (κ3) is 4.22. The Morgan fingerprint density at radius 1 is 1.15 bits per heavy atom. The summed E-state index contributed by atoms with van der Waals surface area (Å²) in [5.41, 5.74) is 1.09. The van der Waals surface area contributed by atoms with E-state index in [4.69, 9.17) is 4.74 Å². The molecule has 5 nitrogen and oxygen atoms in total. The molecule has 1 saturated heterocycles. The molecular formula is C21H26N2O3. The molecule has 1 fully saturated rings. The Morgan fingerprint density at radius 2 is 1.92 bits per heavy atom. The van der Waals surface area contributed by atoms with Gasteiger partial charge in [0.05, 0.1) is 5.60 Å². The van der Waals surface area contributed by atoms with Crippen LogP contribution in [0.2, 0.25) is 0 Å². The smallest absolute Gasteiger partial charge is 0.267 e. The molecular weight excluding hydrogens is 328 g/mol. The van der Waals surface area contributed by atoms with Crippen LogP contribution in [0.4, 0.5) is 0 Å². The zero-order valence-electron chi connectivity index (χ0n) is 15.4. The molecule has 1 amide bonds. The van der Waals surface area contributed by atoms with E-state index >= 15 is 0 Å². The molecule has 1 aliphatic heterocycles. The summed E-state index contributed by atoms with van der Waals surface area (Å²) in [7, 11) is 0. The first-order chi connectivity index (χ1) is 12.4. The summed E-state index contributed by atoms with van der Waals surface area (Å²) in [6.07, 6.45) is 2.66. The number of rotatable bonds is 5. The van der Waals surface area contributed by atoms with E-state index in [9.17, 15) is 9.59 Å². The standard InChI is InChI=1S/C21H26N2O3/c1-20(2)15-21(12-14-26-20,16-7-4-3-5-8-16)11-13-22-19(25)17-9-6-10-18(24)23-17/h3-10H,11-15H2,1-2H3,(H,22,25)(H,23,24)/t21-/m1/s1. The summed E-state index contributed by atoms with van der Waals surface area (Å²) >= 11 is 0. The second-order valence-electron chi connectivity index (χ2n) is 7.62. The Morgan fingerprint density at radius 3 is 2.62 bits per heavy atom. The van der Waals surface area contributed by atoms with Crippen molar-refractivity contribution < 1.29 is 9.53 Å². The summed E-state index contributed by atoms with van der Waals surface area (Å²) in [5, 5.41) is 2.95. The topological polar surface area (TPSA) is 71.2 Å². The van der Waals surface area contributed by atoms with E-state index in [1.165, 1.54) is 11.6 Å². The SMILES string of the molecule is CC1(C)C[C@](CCNC(=O)c2cccc(=O)[nH]2)(c2ccccc2)CCO1. The molecule has 2 aromatic rings. The van der Waals surface area contributed by atoms with Crippen LogP contribution in [0.5, 0.6) is 0 Å². The highest BCUT2D eigenvalue weighted by atomic mass is 16.5. The molecule has 2 N–H and O–H groups in total. The maximum absolute atomic E-state index is 12.3. The van der Waals surface area contributed by atoms with Crippen molar-refractivity contribution in [1.29, 1.82) is 0 Å². The van der Waals surface area contributed by atoms with E-state index in [1.54, 1.807) is 12.1 Å². The van der Waals surface area contributed by atoms with Crippen molar-refractivity contribution in [2.75, 3.05) is 13.2 Å². The second kappa shape index (κ2) is 7.46. The number of carbonyl (C=O) groups is 1. The number of aromatic amines is 1. The van der Waals surface area contributed by atoms with E-state index in [0.717, 1.165) is 19.3 Å². The van der Waals surface area contributed by atoms with Gasteiger partial charge in [0.2, 0.25) is 5.56 Å². The summed E-state index contributed by atoms with van der Waals surface area (Å²) in [6.45, 7) is 5.50. The largest absolute Gasteiger partial charge is 0.376 e. The lowest BCUT2D eigenvalue weighted by Crippen LogP contribution is -2.45. The first-order valence-electron chi connectivity index (χ1n) is 9.07. The van der Waals surface area contributed by atoms with Gasteiger partial charge < -0.3 is 15.0 Å². The predicted molar refractivity (Wildman–Crippen MR) is 101 cm³/mol. The molecule has 1 atom stereocenters. The zero-order chi connectivity index (χ0) is 18.6. The van der Waals surface area contributed by atoms with Crippen LogP contribution in [-0.4, -0.2) is 29.6 Å². The Balaban J connectivity index is 1.73. The van der Waals surface area contributed by atoms with Crippen molar-refractivity contribution in [2.24, 2.45) is 0 Å². The first-order valence-corrected chi connectivity index (χ1v) is 9.07. The quantitative estimate of drug-likeness (QED) is 0.867. The third-order valence-corrected chi connectivity index (χ3v) is 5.13. The number of amides is 1. The molecule has 1 aliphatic rings. The second-order valence-corrected chi connectivity index (χ2v) is 7.62. The highest BCUT2D eigenvalue weighted by Gasteiger charge is 2.41. The van der Waals surface area contributed by atoms with Gasteiger partial charge in [-0.2, -0.15) is 0 Å². The minimum absolute atomic E-state index is 0.0274. The molecule has 0 radical (unpaired) electrons. The van der Waals surface area contributed by atoms with Gasteiger partial charge in [0.15, 0.2) is 0 Å². The lowest BCUT2D eigenvalue weighted by molar-refractivity contribution is -0.0838. The Bertz CT molecular complexity index is 813. The normalized spacial score (nSPS) is 21.9. The summed E-state index contributed by atoms with van der Waals surface area (Å²) < 4.78 is 5.92. The van der Waals surface area contributed by atoms with Crippen LogP contribution in [0.25, 0.3) is 0 Å². The molecule has 0 spiro atoms. The molecule has 3 rings (SSSR count). The van der Waals surface area contributed by atoms with E-state index in [-0.39, 0.29) is 22.5 Å². The van der Waals surface area contributed by atoms with Gasteiger partial charge >= 0.3 is 0 Å². The van der Waals surface area contributed by atoms with Crippen LogP contribution in [0.1, 0.15) is 49.2 Å². The number of hydrogen-bond donors (Lipinski definition) is 2. The fraction of sp³-hybridized carbons (Fsp3) is 0.429. The van der Waals surface area contributed by atoms with Crippen molar-refractivity contribution >= 4 is 5.91 Å². The molecule has 26 heavy (non-hydrogen) atoms. The molecule has 0 bridgehead atoms. The maximum Gasteiger partial charge on any atom is 0.267 e. The number of H-pyrrole nitrogens is 1. The average Bonchev–Trinajstić information content (AvgIpc) is 2.61. The minimum Gasteiger partial charge on any atom is -0.376 e. The molecule has 1 aromatic carbocycles. The number of hydrogen-bond acceptors (Lipinski definition) is 3. The number of benzene rings is 1. The van der Waals surface area contributed by atoms with Crippen molar-refractivity contribution in [1.82, 2.24) is 10.3 Å². The number of ether oxygens (including phenoxy) is 1. The Labute approximate surface area is 153 Å². The highest BCUT2D eigenvalue weighted by molar-refractivity contribution is 5.92. The van der Waals surface area contributed by atoms with Gasteiger partial charge in [0.1, 0.15) is 5.69 Å². The van der Waals surface area contributed by atoms with Gasteiger partial charge in [0.25, 0.3) is 5.91 Å². The van der Waals surface area contributed by atoms with Crippen molar-refractivity contribution in [3.63, 3.8) is 0 Å². The number of nitrogens with one attached hydrogen (secondary N) is 2. The van der Waals surface area contributed by atoms with Crippen molar-refractivity contribution in [3.05, 3.63) is 70.1 Å². The van der Waals surface area contributed by atoms with Gasteiger partial charge in [0, 0.05) is 24.6 Å². The van der Waals surface area contributed by atoms with Gasteiger partial charge in [-0.25, -0.2) is 0 Å². The Hall–Kier alpha value is -2.40. The fourth-order valence-corrected chi connectivity index (χ4v) is 3.96. The van der Waals surface area contributed by atoms with E-state index < -0.39 is 0 Å². The van der Waals surface area contributed by atoms with Crippen molar-refractivity contribution in [2.45, 2.75) is 44.1 Å². The van der Waals surface area contributed by atoms with Crippen LogP contribution >= 0.6 is 0 Å². The molecule has 0 saturated carbocycles. The molecule has 0 aliphatic carbocycles. The molecule has 1 aromatic heterocycles. The number of carbonyl (C=O) groups excluding carboxylic acids is 1. The lowest BCUT2D eigenvalue weighted by Gasteiger charge is -2.45. The number of pyridine rings is 1. The van der Waals surface area contributed by atoms with Crippen LogP contribution in [0, 0.1) is 0 Å². The van der Waals surface area contributed by atoms with Gasteiger partial charge in [-0.3, -0.25) is 9.59 Å². The third-order valence-electron chi connectivity index (χ3n) is 5.13. The summed E-state index contributed by atoms with van der Waals surface area (Å²) in [6, 6.07) is 15.1. The van der Waals surface area contributed by atoms with E-state index in [2.05, 4.69) is 48.4 Å². The monoisotopic (exact) mass is 354 g/mol. The number of aromatic nitrogens is 1. The van der Waals surface area contributed by atoms with Crippen LogP contribution in [-0.2, 0) is 10.2 Å². The zero-order valence-corrected chi connectivity index (χ0v) is 15.4. The van der Waals surface area contributed by atoms with Crippen LogP contribution in [0.15, 0.2) is 53.3 Å². The van der Waals surface area contributed by atoms with E-state index in [0.29, 0.717) is 18.8 Å². The lowest BCUT2D eigenvalue weighted by atomic mass is 9.67. The minimum atomic E-state index is -0.274. The van der Waals surface area contributed by atoms with Crippen LogP contribution < -0.4 is 10.9 Å². The molecule has 5 heteroatoms. The van der Waals surface area contributed by atoms with E-state index in [1.807, 2.05) is 6.07 Å². The predicted octanol–water partition coefficient (Wildman–Crippen LogP) is 3.02. The molecule has 0 unspecified atom stereocenters. The van der Waals surface area contributed by atoms with Gasteiger partial charge in [-0.15, -0.1) is 0 Å². The first kappa shape index (κ1) is 18.4. The van der Waals surface area contributed by atoms with Crippen molar-refractivity contribution in [3.8, 4) is 0 Å². The molecule has 138 valence electrons. The Kier molecular flexibility index (Phi) is 5.28. The maximum atomic E-state index is 12.3. The van der Waals surface area contributed by atoms with Crippen LogP contribution in [0.3, 0.4) is 0 Å². The summed E-state index contributed by atoms with van der Waals surface area (Å²) in [5.74, 6) is -0.253. The average molecular weight is 354 g/mol. The van der Waals surface area contributed by atoms with Gasteiger partial charge in [-0.05, 0) is 44.7 Å². The van der Waals surface area contributed by atoms with Gasteiger partial charge in [-0.1, -0.05) is 36.4 Å². The highest BCUT2D eigenvalue weighted by Crippen LogP contribution is 2.43. The fourth-order valence-electron chi connectivity index (χ4n) is 3.96. The summed E-state index contributed by atoms with van der Waals surface area (Å²) in [4.78, 5) is 26.2. The molecule has 2 heterocycles.